The van der Waals surface area contributed by atoms with Crippen LogP contribution in [0.1, 0.15) is 63.6 Å². The number of aromatic nitrogens is 2. The minimum absolute atomic E-state index is 0.0197. The van der Waals surface area contributed by atoms with Gasteiger partial charge in [0.25, 0.3) is 5.91 Å². The Labute approximate surface area is 195 Å². The zero-order valence-corrected chi connectivity index (χ0v) is 19.7. The number of fused-ring (bicyclic) bond motifs is 1. The van der Waals surface area contributed by atoms with Crippen LogP contribution in [0.4, 0.5) is 5.82 Å². The number of imidazole rings is 1. The molecule has 0 atom stereocenters. The fourth-order valence-corrected chi connectivity index (χ4v) is 3.70. The molecule has 2 aromatic heterocycles. The van der Waals surface area contributed by atoms with Crippen LogP contribution in [-0.2, 0) is 16.0 Å². The van der Waals surface area contributed by atoms with Crippen molar-refractivity contribution in [1.29, 1.82) is 0 Å². The minimum Gasteiger partial charge on any atom is -0.395 e. The number of carbonyl (C=O) groups is 2. The van der Waals surface area contributed by atoms with E-state index in [0.29, 0.717) is 26.1 Å². The normalized spacial score (nSPS) is 11.3. The van der Waals surface area contributed by atoms with Gasteiger partial charge in [-0.25, -0.2) is 10.5 Å². The van der Waals surface area contributed by atoms with Gasteiger partial charge >= 0.3 is 0 Å². The molecule has 0 saturated carbocycles. The summed E-state index contributed by atoms with van der Waals surface area (Å²) in [6.45, 7) is 5.62. The monoisotopic (exact) mass is 459 g/mol. The average Bonchev–Trinajstić information content (AvgIpc) is 3.16. The van der Waals surface area contributed by atoms with E-state index >= 15 is 0 Å². The third kappa shape index (κ3) is 8.18. The van der Waals surface area contributed by atoms with Crippen molar-refractivity contribution < 1.29 is 19.9 Å². The maximum Gasteiger partial charge on any atom is 0.267 e. The maximum absolute atomic E-state index is 12.5. The summed E-state index contributed by atoms with van der Waals surface area (Å²) in [5.41, 5.74) is 4.06. The van der Waals surface area contributed by atoms with Gasteiger partial charge in [-0.05, 0) is 43.0 Å². The van der Waals surface area contributed by atoms with E-state index in [1.54, 1.807) is 16.5 Å². The largest absolute Gasteiger partial charge is 0.395 e. The number of aliphatic hydroxyl groups is 1. The number of pyridine rings is 1. The van der Waals surface area contributed by atoms with Crippen LogP contribution in [0.2, 0.25) is 0 Å². The van der Waals surface area contributed by atoms with Crippen molar-refractivity contribution in [2.24, 2.45) is 0 Å². The zero-order chi connectivity index (χ0) is 24.1. The predicted molar refractivity (Wildman–Crippen MR) is 129 cm³/mol. The first kappa shape index (κ1) is 26.3. The van der Waals surface area contributed by atoms with Gasteiger partial charge in [-0.15, -0.1) is 0 Å². The van der Waals surface area contributed by atoms with Crippen molar-refractivity contribution in [2.75, 3.05) is 31.6 Å². The summed E-state index contributed by atoms with van der Waals surface area (Å²) in [6.07, 6.45) is 11.3. The zero-order valence-electron chi connectivity index (χ0n) is 19.7. The first-order valence-corrected chi connectivity index (χ1v) is 11.8. The summed E-state index contributed by atoms with van der Waals surface area (Å²) in [7, 11) is 0. The molecule has 0 spiro atoms. The van der Waals surface area contributed by atoms with Gasteiger partial charge in [-0.2, -0.15) is 0 Å². The van der Waals surface area contributed by atoms with Gasteiger partial charge in [0.05, 0.1) is 12.3 Å². The molecule has 33 heavy (non-hydrogen) atoms. The predicted octanol–water partition coefficient (Wildman–Crippen LogP) is 3.01. The van der Waals surface area contributed by atoms with Crippen LogP contribution < -0.4 is 10.8 Å². The van der Waals surface area contributed by atoms with Gasteiger partial charge < -0.3 is 15.3 Å². The summed E-state index contributed by atoms with van der Waals surface area (Å²) in [6, 6.07) is 3.73. The van der Waals surface area contributed by atoms with Crippen molar-refractivity contribution in [3.63, 3.8) is 0 Å². The molecule has 2 amide bonds. The summed E-state index contributed by atoms with van der Waals surface area (Å²) in [4.78, 5) is 30.3. The van der Waals surface area contributed by atoms with E-state index in [1.165, 1.54) is 12.5 Å². The Balaban J connectivity index is 2.17. The molecule has 2 heterocycles. The Kier molecular flexibility index (Phi) is 11.4. The van der Waals surface area contributed by atoms with Crippen LogP contribution in [0.15, 0.2) is 24.4 Å². The number of hydrogen-bond acceptors (Lipinski definition) is 6. The van der Waals surface area contributed by atoms with E-state index in [9.17, 15) is 14.7 Å². The topological polar surface area (TPSA) is 119 Å². The number of hydroxylamine groups is 1. The number of aliphatic hydroxyl groups excluding tert-OH is 1. The van der Waals surface area contributed by atoms with Crippen LogP contribution in [0.25, 0.3) is 11.7 Å². The molecule has 0 aliphatic heterocycles. The van der Waals surface area contributed by atoms with E-state index in [2.05, 4.69) is 12.2 Å². The number of unbranched alkanes of at least 4 members (excludes halogenated alkanes) is 3. The summed E-state index contributed by atoms with van der Waals surface area (Å²) < 4.78 is 1.96. The standard InChI is InChI=1S/C24H37N5O4/c1-3-5-6-7-8-20-24(25-13-11-23(32)28(14-4-2)16-17-30)29-15-12-19(18-21(29)26-20)9-10-22(31)27-33/h9-10,12,15,18,25,30,33H,3-8,11,13-14,16-17H2,1-2H3,(H,27,31). The maximum atomic E-state index is 12.5. The van der Waals surface area contributed by atoms with Crippen LogP contribution in [0.5, 0.6) is 0 Å². The molecule has 2 aromatic rings. The van der Waals surface area contributed by atoms with Crippen molar-refractivity contribution >= 4 is 29.4 Å². The van der Waals surface area contributed by atoms with Gasteiger partial charge in [-0.3, -0.25) is 19.2 Å². The molecule has 0 fully saturated rings. The number of hydrogen-bond donors (Lipinski definition) is 4. The van der Waals surface area contributed by atoms with E-state index in [-0.39, 0.29) is 12.5 Å². The first-order valence-electron chi connectivity index (χ1n) is 11.8. The highest BCUT2D eigenvalue weighted by Gasteiger charge is 2.15. The molecular weight excluding hydrogens is 422 g/mol. The highest BCUT2D eigenvalue weighted by Crippen LogP contribution is 2.22. The molecule has 4 N–H and O–H groups in total. The third-order valence-electron chi connectivity index (χ3n) is 5.37. The van der Waals surface area contributed by atoms with Gasteiger partial charge in [0, 0.05) is 38.3 Å². The molecule has 182 valence electrons. The SMILES string of the molecule is CCCCCCc1nc2cc(C=CC(=O)NO)ccn2c1NCCC(=O)N(CCC)CCO. The Morgan fingerprint density at radius 1 is 1.18 bits per heavy atom. The number of aryl methyl sites for hydroxylation is 1. The molecule has 0 radical (unpaired) electrons. The summed E-state index contributed by atoms with van der Waals surface area (Å²) in [5, 5.41) is 21.3. The highest BCUT2D eigenvalue weighted by atomic mass is 16.5. The summed E-state index contributed by atoms with van der Waals surface area (Å²) in [5.74, 6) is 0.300. The number of nitrogens with one attached hydrogen (secondary N) is 2. The first-order chi connectivity index (χ1) is 16.0. The van der Waals surface area contributed by atoms with Crippen molar-refractivity contribution in [3.8, 4) is 0 Å². The molecule has 2 rings (SSSR count). The van der Waals surface area contributed by atoms with Gasteiger partial charge in [0.1, 0.15) is 11.5 Å². The summed E-state index contributed by atoms with van der Waals surface area (Å²) >= 11 is 0. The van der Waals surface area contributed by atoms with Crippen molar-refractivity contribution in [1.82, 2.24) is 19.8 Å². The fraction of sp³-hybridized carbons (Fsp3) is 0.542. The Bertz CT molecular complexity index is 919. The quantitative estimate of drug-likeness (QED) is 0.141. The van der Waals surface area contributed by atoms with Gasteiger partial charge in [0.2, 0.25) is 5.91 Å². The molecule has 0 aliphatic rings. The number of amides is 2. The van der Waals surface area contributed by atoms with E-state index in [1.807, 2.05) is 29.7 Å². The second-order valence-corrected chi connectivity index (χ2v) is 8.00. The Hall–Kier alpha value is -2.91. The molecule has 0 aromatic carbocycles. The second-order valence-electron chi connectivity index (χ2n) is 8.00. The lowest BCUT2D eigenvalue weighted by Crippen LogP contribution is -2.35. The molecule has 9 nitrogen and oxygen atoms in total. The Morgan fingerprint density at radius 3 is 2.70 bits per heavy atom. The highest BCUT2D eigenvalue weighted by molar-refractivity contribution is 5.91. The Morgan fingerprint density at radius 2 is 2.00 bits per heavy atom. The molecular formula is C24H37N5O4. The molecule has 0 saturated heterocycles. The van der Waals surface area contributed by atoms with Crippen molar-refractivity contribution in [2.45, 2.75) is 58.8 Å². The van der Waals surface area contributed by atoms with Gasteiger partial charge in [0.15, 0.2) is 0 Å². The van der Waals surface area contributed by atoms with Crippen molar-refractivity contribution in [3.05, 3.63) is 35.7 Å². The third-order valence-corrected chi connectivity index (χ3v) is 5.37. The van der Waals surface area contributed by atoms with E-state index < -0.39 is 5.91 Å². The fourth-order valence-electron chi connectivity index (χ4n) is 3.70. The lowest BCUT2D eigenvalue weighted by Gasteiger charge is -2.21. The molecule has 0 unspecified atom stereocenters. The van der Waals surface area contributed by atoms with E-state index in [4.69, 9.17) is 10.2 Å². The molecule has 0 bridgehead atoms. The lowest BCUT2D eigenvalue weighted by atomic mass is 10.1. The molecule has 0 aliphatic carbocycles. The average molecular weight is 460 g/mol. The number of anilines is 1. The second kappa shape index (κ2) is 14.3. The number of rotatable bonds is 15. The lowest BCUT2D eigenvalue weighted by molar-refractivity contribution is -0.131. The van der Waals surface area contributed by atoms with Gasteiger partial charge in [-0.1, -0.05) is 33.1 Å². The van der Waals surface area contributed by atoms with Crippen LogP contribution in [0, 0.1) is 0 Å². The van der Waals surface area contributed by atoms with Crippen LogP contribution in [-0.4, -0.2) is 62.7 Å². The number of nitrogens with zero attached hydrogens (tertiary/aromatic N) is 3. The minimum atomic E-state index is -0.597. The van der Waals surface area contributed by atoms with Crippen LogP contribution >= 0.6 is 0 Å². The van der Waals surface area contributed by atoms with Crippen LogP contribution in [0.3, 0.4) is 0 Å². The molecule has 9 heteroatoms. The number of carbonyl (C=O) groups excluding carboxylic acids is 2. The van der Waals surface area contributed by atoms with E-state index in [0.717, 1.165) is 54.8 Å². The smallest absolute Gasteiger partial charge is 0.267 e.